The molecular formula is C19H16F3N3. The van der Waals surface area contributed by atoms with Crippen molar-refractivity contribution in [2.24, 2.45) is 0 Å². The third-order valence-corrected chi connectivity index (χ3v) is 4.53. The summed E-state index contributed by atoms with van der Waals surface area (Å²) in [7, 11) is 0. The monoisotopic (exact) mass is 343 g/mol. The molecule has 1 N–H and O–H groups in total. The number of H-pyrrole nitrogens is 1. The maximum Gasteiger partial charge on any atom is 0.416 e. The first-order chi connectivity index (χ1) is 12.0. The highest BCUT2D eigenvalue weighted by atomic mass is 19.4. The Hall–Kier alpha value is -2.76. The summed E-state index contributed by atoms with van der Waals surface area (Å²) in [6, 6.07) is 11.4. The Morgan fingerprint density at radius 2 is 1.80 bits per heavy atom. The second kappa shape index (κ2) is 5.95. The van der Waals surface area contributed by atoms with Gasteiger partial charge in [0, 0.05) is 18.4 Å². The third-order valence-electron chi connectivity index (χ3n) is 4.53. The van der Waals surface area contributed by atoms with Crippen molar-refractivity contribution in [2.75, 3.05) is 11.4 Å². The first-order valence-corrected chi connectivity index (χ1v) is 8.04. The predicted octanol–water partition coefficient (Wildman–Crippen LogP) is 4.66. The average Bonchev–Trinajstić information content (AvgIpc) is 3.24. The summed E-state index contributed by atoms with van der Waals surface area (Å²) >= 11 is 0. The fourth-order valence-electron chi connectivity index (χ4n) is 3.21. The van der Waals surface area contributed by atoms with Crippen LogP contribution >= 0.6 is 0 Å². The summed E-state index contributed by atoms with van der Waals surface area (Å²) in [6.45, 7) is 1.63. The van der Waals surface area contributed by atoms with E-state index in [0.717, 1.165) is 47.6 Å². The Labute approximate surface area is 143 Å². The topological polar surface area (TPSA) is 31.9 Å². The summed E-state index contributed by atoms with van der Waals surface area (Å²) < 4.78 is 38.2. The number of alkyl halides is 3. The number of nitrogens with one attached hydrogen (secondary N) is 1. The van der Waals surface area contributed by atoms with Crippen LogP contribution in [0, 0.1) is 0 Å². The van der Waals surface area contributed by atoms with Crippen molar-refractivity contribution in [1.82, 2.24) is 9.97 Å². The molecule has 0 saturated heterocycles. The van der Waals surface area contributed by atoms with E-state index in [9.17, 15) is 13.2 Å². The molecule has 0 unspecified atom stereocenters. The van der Waals surface area contributed by atoms with Crippen LogP contribution < -0.4 is 4.90 Å². The largest absolute Gasteiger partial charge is 0.416 e. The van der Waals surface area contributed by atoms with Gasteiger partial charge in [0.2, 0.25) is 0 Å². The number of nitrogens with zero attached hydrogens (tertiary/aromatic N) is 2. The zero-order chi connectivity index (χ0) is 17.4. The van der Waals surface area contributed by atoms with Crippen molar-refractivity contribution in [1.29, 1.82) is 0 Å². The van der Waals surface area contributed by atoms with Gasteiger partial charge in [-0.1, -0.05) is 24.3 Å². The molecule has 25 heavy (non-hydrogen) atoms. The Kier molecular flexibility index (Phi) is 3.75. The van der Waals surface area contributed by atoms with Crippen LogP contribution in [-0.4, -0.2) is 16.5 Å². The highest BCUT2D eigenvalue weighted by Crippen LogP contribution is 2.35. The van der Waals surface area contributed by atoms with E-state index in [2.05, 4.69) is 27.0 Å². The Balaban J connectivity index is 1.62. The molecular weight excluding hydrogens is 327 g/mol. The van der Waals surface area contributed by atoms with Crippen LogP contribution in [0.25, 0.3) is 11.1 Å². The first kappa shape index (κ1) is 15.7. The van der Waals surface area contributed by atoms with Crippen LogP contribution in [0.4, 0.5) is 18.9 Å². The van der Waals surface area contributed by atoms with Crippen molar-refractivity contribution in [3.63, 3.8) is 0 Å². The van der Waals surface area contributed by atoms with Gasteiger partial charge in [0.25, 0.3) is 0 Å². The van der Waals surface area contributed by atoms with Crippen molar-refractivity contribution < 1.29 is 13.2 Å². The van der Waals surface area contributed by atoms with E-state index < -0.39 is 11.7 Å². The van der Waals surface area contributed by atoms with E-state index >= 15 is 0 Å². The molecule has 0 saturated carbocycles. The number of imidazole rings is 1. The molecule has 2 heterocycles. The minimum absolute atomic E-state index is 0.627. The zero-order valence-corrected chi connectivity index (χ0v) is 13.3. The van der Waals surface area contributed by atoms with Crippen LogP contribution in [0.5, 0.6) is 0 Å². The van der Waals surface area contributed by atoms with Crippen LogP contribution in [-0.2, 0) is 19.1 Å². The van der Waals surface area contributed by atoms with Crippen molar-refractivity contribution in [3.8, 4) is 11.1 Å². The standard InChI is InChI=1S/C19H16F3N3/c20-19(21,22)16-5-3-13(4-6-16)15-2-1-14-7-8-25(18(14)9-15)11-17-10-23-12-24-17/h1-6,9-10,12H,7-8,11H2,(H,23,24). The summed E-state index contributed by atoms with van der Waals surface area (Å²) in [6.07, 6.45) is 0.187. The normalized spacial score (nSPS) is 14.0. The highest BCUT2D eigenvalue weighted by Gasteiger charge is 2.30. The van der Waals surface area contributed by atoms with Crippen LogP contribution in [0.1, 0.15) is 16.8 Å². The molecule has 0 aliphatic carbocycles. The molecule has 0 amide bonds. The quantitative estimate of drug-likeness (QED) is 0.750. The smallest absolute Gasteiger partial charge is 0.365 e. The number of rotatable bonds is 3. The van der Waals surface area contributed by atoms with E-state index in [1.54, 1.807) is 6.33 Å². The van der Waals surface area contributed by atoms with Gasteiger partial charge in [-0.25, -0.2) is 4.98 Å². The van der Waals surface area contributed by atoms with Gasteiger partial charge in [0.15, 0.2) is 0 Å². The summed E-state index contributed by atoms with van der Waals surface area (Å²) in [4.78, 5) is 9.46. The second-order valence-corrected chi connectivity index (χ2v) is 6.15. The minimum atomic E-state index is -4.31. The van der Waals surface area contributed by atoms with Gasteiger partial charge in [-0.15, -0.1) is 0 Å². The van der Waals surface area contributed by atoms with Crippen LogP contribution in [0.3, 0.4) is 0 Å². The number of benzene rings is 2. The first-order valence-electron chi connectivity index (χ1n) is 8.04. The minimum Gasteiger partial charge on any atom is -0.365 e. The fourth-order valence-corrected chi connectivity index (χ4v) is 3.21. The van der Waals surface area contributed by atoms with Gasteiger partial charge in [-0.2, -0.15) is 13.2 Å². The Bertz CT molecular complexity index is 868. The number of anilines is 1. The summed E-state index contributed by atoms with van der Waals surface area (Å²) in [5, 5.41) is 0. The number of fused-ring (bicyclic) bond motifs is 1. The van der Waals surface area contributed by atoms with E-state index in [4.69, 9.17) is 0 Å². The lowest BCUT2D eigenvalue weighted by Gasteiger charge is -2.19. The van der Waals surface area contributed by atoms with Crippen molar-refractivity contribution in [2.45, 2.75) is 19.1 Å². The number of halogens is 3. The molecule has 3 aromatic rings. The molecule has 0 bridgehead atoms. The van der Waals surface area contributed by atoms with E-state index in [1.165, 1.54) is 17.7 Å². The molecule has 4 rings (SSSR count). The SMILES string of the molecule is FC(F)(F)c1ccc(-c2ccc3c(c2)N(Cc2c[nH]cn2)CC3)cc1. The maximum absolute atomic E-state index is 12.7. The Morgan fingerprint density at radius 3 is 2.48 bits per heavy atom. The van der Waals surface area contributed by atoms with Gasteiger partial charge in [-0.05, 0) is 41.3 Å². The zero-order valence-electron chi connectivity index (χ0n) is 13.3. The van der Waals surface area contributed by atoms with Gasteiger partial charge in [0.1, 0.15) is 0 Å². The lowest BCUT2D eigenvalue weighted by atomic mass is 10.0. The van der Waals surface area contributed by atoms with Gasteiger partial charge in [0.05, 0.1) is 24.1 Å². The molecule has 128 valence electrons. The van der Waals surface area contributed by atoms with E-state index in [0.29, 0.717) is 6.54 Å². The van der Waals surface area contributed by atoms with Crippen molar-refractivity contribution >= 4 is 5.69 Å². The Morgan fingerprint density at radius 1 is 1.04 bits per heavy atom. The van der Waals surface area contributed by atoms with E-state index in [-0.39, 0.29) is 0 Å². The molecule has 0 atom stereocenters. The third kappa shape index (κ3) is 3.12. The number of aromatic nitrogens is 2. The predicted molar refractivity (Wildman–Crippen MR) is 90.2 cm³/mol. The second-order valence-electron chi connectivity index (χ2n) is 6.15. The van der Waals surface area contributed by atoms with Gasteiger partial charge >= 0.3 is 6.18 Å². The number of aromatic amines is 1. The molecule has 6 heteroatoms. The molecule has 1 aliphatic heterocycles. The number of hydrogen-bond donors (Lipinski definition) is 1. The van der Waals surface area contributed by atoms with Crippen molar-refractivity contribution in [3.05, 3.63) is 71.8 Å². The van der Waals surface area contributed by atoms with Gasteiger partial charge in [-0.3, -0.25) is 0 Å². The fraction of sp³-hybridized carbons (Fsp3) is 0.211. The molecule has 3 nitrogen and oxygen atoms in total. The summed E-state index contributed by atoms with van der Waals surface area (Å²) in [5.74, 6) is 0. The van der Waals surface area contributed by atoms with Crippen LogP contribution in [0.2, 0.25) is 0 Å². The maximum atomic E-state index is 12.7. The molecule has 2 aromatic carbocycles. The lowest BCUT2D eigenvalue weighted by molar-refractivity contribution is -0.137. The van der Waals surface area contributed by atoms with Gasteiger partial charge < -0.3 is 9.88 Å². The van der Waals surface area contributed by atoms with E-state index in [1.807, 2.05) is 12.3 Å². The lowest BCUT2D eigenvalue weighted by Crippen LogP contribution is -2.19. The highest BCUT2D eigenvalue weighted by molar-refractivity contribution is 5.72. The molecule has 1 aromatic heterocycles. The molecule has 1 aliphatic rings. The number of hydrogen-bond acceptors (Lipinski definition) is 2. The molecule has 0 radical (unpaired) electrons. The molecule has 0 fully saturated rings. The molecule has 0 spiro atoms. The summed E-state index contributed by atoms with van der Waals surface area (Å²) in [5.41, 5.74) is 4.42. The van der Waals surface area contributed by atoms with Crippen LogP contribution in [0.15, 0.2) is 55.0 Å². The average molecular weight is 343 g/mol.